The first-order valence-corrected chi connectivity index (χ1v) is 9.92. The molecule has 1 amide bonds. The molecule has 0 bridgehead atoms. The summed E-state index contributed by atoms with van der Waals surface area (Å²) < 4.78 is 2.21. The minimum absolute atomic E-state index is 0.124. The lowest BCUT2D eigenvalue weighted by Gasteiger charge is -2.30. The highest BCUT2D eigenvalue weighted by molar-refractivity contribution is 8.00. The second-order valence-corrected chi connectivity index (χ2v) is 8.31. The first-order chi connectivity index (χ1) is 11.1. The minimum atomic E-state index is -0.124. The molecule has 23 heavy (non-hydrogen) atoms. The fourth-order valence-corrected chi connectivity index (χ4v) is 4.49. The van der Waals surface area contributed by atoms with Crippen LogP contribution in [0.1, 0.15) is 64.6 Å². The summed E-state index contributed by atoms with van der Waals surface area (Å²) >= 11 is 1.55. The number of carbonyl (C=O) groups is 1. The number of nitrogens with one attached hydrogen (secondary N) is 1. The van der Waals surface area contributed by atoms with Crippen LogP contribution in [-0.2, 0) is 17.8 Å². The van der Waals surface area contributed by atoms with Crippen LogP contribution in [0.3, 0.4) is 0 Å². The molecule has 3 unspecified atom stereocenters. The Balaban J connectivity index is 1.59. The largest absolute Gasteiger partial charge is 0.352 e. The van der Waals surface area contributed by atoms with E-state index >= 15 is 0 Å². The van der Waals surface area contributed by atoms with Gasteiger partial charge >= 0.3 is 0 Å². The van der Waals surface area contributed by atoms with Crippen molar-refractivity contribution < 1.29 is 4.79 Å². The van der Waals surface area contributed by atoms with Crippen molar-refractivity contribution in [3.05, 3.63) is 5.82 Å². The number of thioether (sulfide) groups is 1. The van der Waals surface area contributed by atoms with Crippen LogP contribution in [-0.4, -0.2) is 32.0 Å². The summed E-state index contributed by atoms with van der Waals surface area (Å²) in [6.07, 6.45) is 9.50. The summed E-state index contributed by atoms with van der Waals surface area (Å²) in [5.41, 5.74) is 0. The molecule has 1 saturated carbocycles. The number of nitrogens with zero attached hydrogens (tertiary/aromatic N) is 3. The van der Waals surface area contributed by atoms with Gasteiger partial charge in [0.25, 0.3) is 0 Å². The van der Waals surface area contributed by atoms with Crippen molar-refractivity contribution in [2.45, 2.75) is 88.2 Å². The summed E-state index contributed by atoms with van der Waals surface area (Å²) in [5.74, 6) is 1.81. The normalized spacial score (nSPS) is 26.2. The molecule has 1 aliphatic carbocycles. The second-order valence-electron chi connectivity index (χ2n) is 7.00. The third-order valence-corrected chi connectivity index (χ3v) is 6.25. The SMILES string of the molecule is CC(Sc1nnc2n1CCCCC2)C(=O)NC1CCCCC1C. The topological polar surface area (TPSA) is 59.8 Å². The smallest absolute Gasteiger partial charge is 0.233 e. The highest BCUT2D eigenvalue weighted by atomic mass is 32.2. The van der Waals surface area contributed by atoms with Crippen LogP contribution in [0.5, 0.6) is 0 Å². The van der Waals surface area contributed by atoms with Gasteiger partial charge in [-0.2, -0.15) is 0 Å². The molecule has 0 aromatic carbocycles. The molecule has 3 rings (SSSR count). The summed E-state index contributed by atoms with van der Waals surface area (Å²) in [4.78, 5) is 12.5. The fraction of sp³-hybridized carbons (Fsp3) is 0.824. The zero-order valence-corrected chi connectivity index (χ0v) is 15.1. The van der Waals surface area contributed by atoms with E-state index in [0.717, 1.165) is 30.4 Å². The predicted molar refractivity (Wildman–Crippen MR) is 92.5 cm³/mol. The molecular weight excluding hydrogens is 308 g/mol. The maximum atomic E-state index is 12.5. The molecule has 1 N–H and O–H groups in total. The van der Waals surface area contributed by atoms with Crippen LogP contribution in [0, 0.1) is 5.92 Å². The number of aryl methyl sites for hydroxylation is 1. The standard InChI is InChI=1S/C17H28N4OS/c1-12-8-5-6-9-14(12)18-16(22)13(2)23-17-20-19-15-10-4-3-7-11-21(15)17/h12-14H,3-11H2,1-2H3,(H,18,22). The third-order valence-electron chi connectivity index (χ3n) is 5.17. The molecule has 128 valence electrons. The Morgan fingerprint density at radius 1 is 1.22 bits per heavy atom. The van der Waals surface area contributed by atoms with Gasteiger partial charge in [-0.1, -0.05) is 37.9 Å². The van der Waals surface area contributed by atoms with Gasteiger partial charge in [0, 0.05) is 19.0 Å². The Labute approximate surface area is 143 Å². The number of fused-ring (bicyclic) bond motifs is 1. The first kappa shape index (κ1) is 16.8. The minimum Gasteiger partial charge on any atom is -0.352 e. The van der Waals surface area contributed by atoms with Crippen LogP contribution in [0.4, 0.5) is 0 Å². The van der Waals surface area contributed by atoms with Gasteiger partial charge in [-0.3, -0.25) is 4.79 Å². The lowest BCUT2D eigenvalue weighted by molar-refractivity contribution is -0.121. The van der Waals surface area contributed by atoms with Crippen molar-refractivity contribution in [1.29, 1.82) is 0 Å². The van der Waals surface area contributed by atoms with E-state index < -0.39 is 0 Å². The van der Waals surface area contributed by atoms with Crippen LogP contribution >= 0.6 is 11.8 Å². The van der Waals surface area contributed by atoms with Gasteiger partial charge in [-0.25, -0.2) is 0 Å². The summed E-state index contributed by atoms with van der Waals surface area (Å²) in [6, 6.07) is 0.342. The van der Waals surface area contributed by atoms with E-state index in [2.05, 4.69) is 27.0 Å². The molecule has 1 aromatic heterocycles. The Morgan fingerprint density at radius 3 is 2.87 bits per heavy atom. The maximum absolute atomic E-state index is 12.5. The third kappa shape index (κ3) is 4.08. The van der Waals surface area contributed by atoms with Gasteiger partial charge in [0.05, 0.1) is 5.25 Å². The molecule has 6 heteroatoms. The number of hydrogen-bond acceptors (Lipinski definition) is 4. The van der Waals surface area contributed by atoms with Crippen molar-refractivity contribution in [3.8, 4) is 0 Å². The monoisotopic (exact) mass is 336 g/mol. The van der Waals surface area contributed by atoms with Crippen molar-refractivity contribution in [2.24, 2.45) is 5.92 Å². The molecule has 0 radical (unpaired) electrons. The number of amides is 1. The van der Waals surface area contributed by atoms with Gasteiger partial charge in [-0.05, 0) is 38.5 Å². The van der Waals surface area contributed by atoms with Gasteiger partial charge in [-0.15, -0.1) is 10.2 Å². The van der Waals surface area contributed by atoms with E-state index in [1.165, 1.54) is 38.5 Å². The highest BCUT2D eigenvalue weighted by Crippen LogP contribution is 2.27. The average Bonchev–Trinajstić information content (AvgIpc) is 2.77. The van der Waals surface area contributed by atoms with Crippen LogP contribution in [0.25, 0.3) is 0 Å². The first-order valence-electron chi connectivity index (χ1n) is 9.04. The van der Waals surface area contributed by atoms with Crippen molar-refractivity contribution in [2.75, 3.05) is 0 Å². The molecule has 1 aromatic rings. The average molecular weight is 337 g/mol. The van der Waals surface area contributed by atoms with E-state index in [-0.39, 0.29) is 11.2 Å². The molecule has 2 aliphatic rings. The molecular formula is C17H28N4OS. The maximum Gasteiger partial charge on any atom is 0.233 e. The van der Waals surface area contributed by atoms with Crippen molar-refractivity contribution >= 4 is 17.7 Å². The predicted octanol–water partition coefficient (Wildman–Crippen LogP) is 3.18. The van der Waals surface area contributed by atoms with Gasteiger partial charge in [0.2, 0.25) is 5.91 Å². The van der Waals surface area contributed by atoms with E-state index in [9.17, 15) is 4.79 Å². The van der Waals surface area contributed by atoms with Crippen LogP contribution < -0.4 is 5.32 Å². The summed E-state index contributed by atoms with van der Waals surface area (Å²) in [6.45, 7) is 5.21. The van der Waals surface area contributed by atoms with E-state index in [1.54, 1.807) is 11.8 Å². The second kappa shape index (κ2) is 7.69. The Morgan fingerprint density at radius 2 is 2.04 bits per heavy atom. The van der Waals surface area contributed by atoms with Gasteiger partial charge in [0.15, 0.2) is 5.16 Å². The van der Waals surface area contributed by atoms with Crippen LogP contribution in [0.2, 0.25) is 0 Å². The van der Waals surface area contributed by atoms with Crippen LogP contribution in [0.15, 0.2) is 5.16 Å². The highest BCUT2D eigenvalue weighted by Gasteiger charge is 2.26. The molecule has 5 nitrogen and oxygen atoms in total. The molecule has 0 saturated heterocycles. The fourth-order valence-electron chi connectivity index (χ4n) is 3.59. The molecule has 1 fully saturated rings. The molecule has 2 heterocycles. The summed E-state index contributed by atoms with van der Waals surface area (Å²) in [7, 11) is 0. The Kier molecular flexibility index (Phi) is 5.62. The van der Waals surface area contributed by atoms with E-state index in [0.29, 0.717) is 12.0 Å². The summed E-state index contributed by atoms with van der Waals surface area (Å²) in [5, 5.41) is 12.7. The molecule has 0 spiro atoms. The van der Waals surface area contributed by atoms with Crippen molar-refractivity contribution in [3.63, 3.8) is 0 Å². The van der Waals surface area contributed by atoms with Gasteiger partial charge in [0.1, 0.15) is 5.82 Å². The number of rotatable bonds is 4. The lowest BCUT2D eigenvalue weighted by Crippen LogP contribution is -2.44. The Bertz CT molecular complexity index is 545. The van der Waals surface area contributed by atoms with Gasteiger partial charge < -0.3 is 9.88 Å². The number of aromatic nitrogens is 3. The number of carbonyl (C=O) groups excluding carboxylic acids is 1. The zero-order chi connectivity index (χ0) is 16.2. The van der Waals surface area contributed by atoms with Crippen molar-refractivity contribution in [1.82, 2.24) is 20.1 Å². The number of hydrogen-bond donors (Lipinski definition) is 1. The lowest BCUT2D eigenvalue weighted by atomic mass is 9.86. The zero-order valence-electron chi connectivity index (χ0n) is 14.3. The molecule has 3 atom stereocenters. The molecule has 1 aliphatic heterocycles. The van der Waals surface area contributed by atoms with E-state index in [4.69, 9.17) is 0 Å². The van der Waals surface area contributed by atoms with E-state index in [1.807, 2.05) is 6.92 Å². The Hall–Kier alpha value is -1.04. The quantitative estimate of drug-likeness (QED) is 0.858.